The van der Waals surface area contributed by atoms with Crippen molar-refractivity contribution in [2.45, 2.75) is 51.7 Å². The van der Waals surface area contributed by atoms with Gasteiger partial charge in [0.15, 0.2) is 0 Å². The van der Waals surface area contributed by atoms with E-state index in [1.54, 1.807) is 20.8 Å². The third kappa shape index (κ3) is 5.72. The fourth-order valence-corrected chi connectivity index (χ4v) is 3.16. The Bertz CT molecular complexity index is 745. The SMILES string of the molecule is CC(C)(C)OC(=O)N1CCCCC1C(=O)NS(C)(=O)=O.c1cc2ccc1-2. The number of rotatable bonds is 2. The third-order valence-electron chi connectivity index (χ3n) is 3.94. The minimum Gasteiger partial charge on any atom is -0.444 e. The zero-order valence-electron chi connectivity index (χ0n) is 15.6. The molecule has 2 amide bonds. The Morgan fingerprint density at radius 1 is 1.12 bits per heavy atom. The Labute approximate surface area is 154 Å². The predicted molar refractivity (Wildman–Crippen MR) is 99.0 cm³/mol. The molecular formula is C18H26N2O5S. The van der Waals surface area contributed by atoms with Crippen molar-refractivity contribution < 1.29 is 22.7 Å². The Morgan fingerprint density at radius 2 is 1.65 bits per heavy atom. The van der Waals surface area contributed by atoms with Gasteiger partial charge in [-0.1, -0.05) is 24.3 Å². The number of carbonyl (C=O) groups excluding carboxylic acids is 2. The third-order valence-corrected chi connectivity index (χ3v) is 4.51. The number of hydrogen-bond donors (Lipinski definition) is 1. The number of likely N-dealkylation sites (tertiary alicyclic amines) is 1. The highest BCUT2D eigenvalue weighted by atomic mass is 32.2. The average Bonchev–Trinajstić information content (AvgIpc) is 2.48. The van der Waals surface area contributed by atoms with Crippen LogP contribution in [0, 0.1) is 0 Å². The smallest absolute Gasteiger partial charge is 0.410 e. The molecule has 8 heteroatoms. The summed E-state index contributed by atoms with van der Waals surface area (Å²) in [6.07, 6.45) is 2.28. The van der Waals surface area contributed by atoms with Gasteiger partial charge in [-0.25, -0.2) is 13.2 Å². The lowest BCUT2D eigenvalue weighted by atomic mass is 9.95. The normalized spacial score (nSPS) is 18.3. The minimum atomic E-state index is -3.64. The summed E-state index contributed by atoms with van der Waals surface area (Å²) in [5, 5.41) is 0. The maximum Gasteiger partial charge on any atom is 0.410 e. The van der Waals surface area contributed by atoms with Crippen molar-refractivity contribution in [2.75, 3.05) is 12.8 Å². The van der Waals surface area contributed by atoms with Gasteiger partial charge in [-0.2, -0.15) is 0 Å². The second-order valence-electron chi connectivity index (χ2n) is 7.50. The van der Waals surface area contributed by atoms with Crippen LogP contribution in [-0.2, 0) is 19.6 Å². The van der Waals surface area contributed by atoms with Gasteiger partial charge in [-0.15, -0.1) is 0 Å². The summed E-state index contributed by atoms with van der Waals surface area (Å²) in [5.74, 6) is -0.682. The second-order valence-corrected chi connectivity index (χ2v) is 9.25. The molecule has 2 aliphatic carbocycles. The molecule has 0 aromatic heterocycles. The van der Waals surface area contributed by atoms with Crippen LogP contribution in [0.25, 0.3) is 11.1 Å². The minimum absolute atomic E-state index is 0.386. The molecule has 1 aliphatic heterocycles. The summed E-state index contributed by atoms with van der Waals surface area (Å²) in [6.45, 7) is 5.60. The van der Waals surface area contributed by atoms with Crippen molar-refractivity contribution in [1.29, 1.82) is 0 Å². The monoisotopic (exact) mass is 382 g/mol. The van der Waals surface area contributed by atoms with Crippen LogP contribution in [0.5, 0.6) is 0 Å². The maximum atomic E-state index is 12.1. The first kappa shape index (κ1) is 20.2. The van der Waals surface area contributed by atoms with Gasteiger partial charge < -0.3 is 4.74 Å². The van der Waals surface area contributed by atoms with Crippen LogP contribution >= 0.6 is 0 Å². The highest BCUT2D eigenvalue weighted by Gasteiger charge is 2.35. The molecule has 3 aliphatic rings. The topological polar surface area (TPSA) is 92.8 Å². The molecule has 1 atom stereocenters. The zero-order chi connectivity index (χ0) is 19.5. The summed E-state index contributed by atoms with van der Waals surface area (Å²) < 4.78 is 29.4. The van der Waals surface area contributed by atoms with E-state index < -0.39 is 33.7 Å². The fourth-order valence-electron chi connectivity index (χ4n) is 2.66. The molecule has 1 saturated heterocycles. The lowest BCUT2D eigenvalue weighted by Gasteiger charge is -2.35. The Morgan fingerprint density at radius 3 is 2.04 bits per heavy atom. The van der Waals surface area contributed by atoms with Gasteiger partial charge in [0.05, 0.1) is 6.26 Å². The van der Waals surface area contributed by atoms with Gasteiger partial charge >= 0.3 is 6.09 Å². The average molecular weight is 382 g/mol. The maximum absolute atomic E-state index is 12.1. The quantitative estimate of drug-likeness (QED) is 0.861. The van der Waals surface area contributed by atoms with Crippen molar-refractivity contribution >= 4 is 22.0 Å². The molecule has 1 fully saturated rings. The summed E-state index contributed by atoms with van der Waals surface area (Å²) in [7, 11) is -3.64. The van der Waals surface area contributed by atoms with Gasteiger partial charge in [-0.05, 0) is 51.2 Å². The highest BCUT2D eigenvalue weighted by molar-refractivity contribution is 7.89. The summed E-state index contributed by atoms with van der Waals surface area (Å²) in [4.78, 5) is 25.3. The molecule has 0 bridgehead atoms. The van der Waals surface area contributed by atoms with Gasteiger partial charge in [0.2, 0.25) is 10.0 Å². The van der Waals surface area contributed by atoms with Crippen LogP contribution in [0.1, 0.15) is 40.0 Å². The Balaban J connectivity index is 0.000000331. The Hall–Kier alpha value is -2.09. The van der Waals surface area contributed by atoms with Crippen LogP contribution in [0.2, 0.25) is 0 Å². The van der Waals surface area contributed by atoms with E-state index in [1.165, 1.54) is 16.0 Å². The van der Waals surface area contributed by atoms with Gasteiger partial charge in [-0.3, -0.25) is 14.4 Å². The van der Waals surface area contributed by atoms with Crippen molar-refractivity contribution in [2.24, 2.45) is 0 Å². The van der Waals surface area contributed by atoms with E-state index in [-0.39, 0.29) is 0 Å². The molecule has 1 N–H and O–H groups in total. The van der Waals surface area contributed by atoms with Crippen molar-refractivity contribution in [3.05, 3.63) is 24.3 Å². The van der Waals surface area contributed by atoms with Gasteiger partial charge in [0.1, 0.15) is 11.6 Å². The molecular weight excluding hydrogens is 356 g/mol. The van der Waals surface area contributed by atoms with Gasteiger partial charge in [0, 0.05) is 6.54 Å². The van der Waals surface area contributed by atoms with Crippen LogP contribution < -0.4 is 4.72 Å². The fraction of sp³-hybridized carbons (Fsp3) is 0.556. The molecule has 0 aromatic carbocycles. The molecule has 1 unspecified atom stereocenters. The first-order valence-electron chi connectivity index (χ1n) is 8.58. The number of nitrogens with zero attached hydrogens (tertiary/aromatic N) is 1. The molecule has 26 heavy (non-hydrogen) atoms. The van der Waals surface area contributed by atoms with Gasteiger partial charge in [0.25, 0.3) is 5.91 Å². The summed E-state index contributed by atoms with van der Waals surface area (Å²) in [5.41, 5.74) is 2.19. The van der Waals surface area contributed by atoms with Crippen molar-refractivity contribution in [3.8, 4) is 11.1 Å². The van der Waals surface area contributed by atoms with Crippen LogP contribution in [-0.4, -0.2) is 49.8 Å². The van der Waals surface area contributed by atoms with Crippen LogP contribution in [0.15, 0.2) is 24.3 Å². The van der Waals surface area contributed by atoms with E-state index in [4.69, 9.17) is 4.74 Å². The Kier molecular flexibility index (Phi) is 5.95. The molecule has 144 valence electrons. The predicted octanol–water partition coefficient (Wildman–Crippen LogP) is 2.52. The summed E-state index contributed by atoms with van der Waals surface area (Å²) >= 11 is 0. The number of benzene rings is 1. The molecule has 0 spiro atoms. The highest BCUT2D eigenvalue weighted by Crippen LogP contribution is 2.29. The number of sulfonamides is 1. The first-order chi connectivity index (χ1) is 12.0. The first-order valence-corrected chi connectivity index (χ1v) is 10.5. The molecule has 0 radical (unpaired) electrons. The largest absolute Gasteiger partial charge is 0.444 e. The van der Waals surface area contributed by atoms with Crippen LogP contribution in [0.3, 0.4) is 0 Å². The van der Waals surface area contributed by atoms with Crippen molar-refractivity contribution in [3.63, 3.8) is 0 Å². The lowest BCUT2D eigenvalue weighted by Crippen LogP contribution is -2.53. The molecule has 3 rings (SSSR count). The number of carbonyl (C=O) groups is 2. The number of ether oxygens (including phenoxy) is 1. The van der Waals surface area contributed by atoms with E-state index in [1.807, 2.05) is 4.72 Å². The van der Waals surface area contributed by atoms with Crippen molar-refractivity contribution in [1.82, 2.24) is 9.62 Å². The number of piperidine rings is 1. The standard InChI is InChI=1S/C12H22N2O5S.C6H4/c1-12(2,3)19-11(16)14-8-6-5-7-9(14)10(15)13-20(4,17)18;1-2-6-4-3-5(1)6/h9H,5-8H2,1-4H3,(H,13,15);1-4H. The molecule has 0 aromatic rings. The molecule has 7 nitrogen and oxygen atoms in total. The lowest BCUT2D eigenvalue weighted by molar-refractivity contribution is -0.125. The van der Waals surface area contributed by atoms with E-state index in [0.29, 0.717) is 13.0 Å². The van der Waals surface area contributed by atoms with E-state index in [9.17, 15) is 18.0 Å². The molecule has 0 saturated carbocycles. The van der Waals surface area contributed by atoms with E-state index in [0.717, 1.165) is 19.1 Å². The summed E-state index contributed by atoms with van der Waals surface area (Å²) in [6, 6.07) is 7.68. The zero-order valence-corrected chi connectivity index (χ0v) is 16.4. The number of hydrogen-bond acceptors (Lipinski definition) is 5. The van der Waals surface area contributed by atoms with E-state index in [2.05, 4.69) is 24.3 Å². The van der Waals surface area contributed by atoms with E-state index >= 15 is 0 Å². The van der Waals surface area contributed by atoms with Crippen LogP contribution in [0.4, 0.5) is 4.79 Å². The number of fused-ring (bicyclic) bond motifs is 1. The molecule has 1 heterocycles. The second kappa shape index (κ2) is 7.65. The number of amides is 2. The number of nitrogens with one attached hydrogen (secondary N) is 1.